The molecule has 0 aliphatic carbocycles. The summed E-state index contributed by atoms with van der Waals surface area (Å²) in [6.45, 7) is 0.551. The highest BCUT2D eigenvalue weighted by atomic mass is 19.1. The number of likely N-dealkylation sites (N-methyl/N-ethyl adjacent to an activating group) is 1. The van der Waals surface area contributed by atoms with Crippen LogP contribution in [0.15, 0.2) is 30.5 Å². The molecule has 4 rings (SSSR count). The van der Waals surface area contributed by atoms with E-state index in [1.54, 1.807) is 17.2 Å². The van der Waals surface area contributed by atoms with Crippen molar-refractivity contribution in [2.24, 2.45) is 7.05 Å². The Bertz CT molecular complexity index is 998. The number of halogens is 1. The van der Waals surface area contributed by atoms with E-state index < -0.39 is 6.67 Å². The third-order valence-corrected chi connectivity index (χ3v) is 4.84. The molecule has 4 heterocycles. The number of aromatic nitrogens is 3. The lowest BCUT2D eigenvalue weighted by atomic mass is 10.1. The number of fused-ring (bicyclic) bond motifs is 3. The number of amides is 1. The summed E-state index contributed by atoms with van der Waals surface area (Å²) in [4.78, 5) is 23.3. The molecule has 7 nitrogen and oxygen atoms in total. The summed E-state index contributed by atoms with van der Waals surface area (Å²) in [7, 11) is 3.77. The monoisotopic (exact) mass is 368 g/mol. The standard InChI is InChI=1S/C19H21FN6O/c1-25-10-7-14-17(19(25)27)13-4-6-16(24-18(13)26(14)2)23-15-5-3-12(11-22-15)21-9-8-20/h3-6,11,21H,7-10H2,1-2H3,(H,22,23,24). The van der Waals surface area contributed by atoms with Crippen molar-refractivity contribution < 1.29 is 9.18 Å². The maximum Gasteiger partial charge on any atom is 0.256 e. The van der Waals surface area contributed by atoms with Crippen molar-refractivity contribution in [3.05, 3.63) is 41.7 Å². The number of aryl methyl sites for hydroxylation is 1. The van der Waals surface area contributed by atoms with E-state index in [-0.39, 0.29) is 12.5 Å². The summed E-state index contributed by atoms with van der Waals surface area (Å²) in [6.07, 6.45) is 2.47. The number of alkyl halides is 1. The van der Waals surface area contributed by atoms with E-state index in [0.717, 1.165) is 34.4 Å². The lowest BCUT2D eigenvalue weighted by molar-refractivity contribution is 0.0781. The molecule has 0 aromatic carbocycles. The van der Waals surface area contributed by atoms with Gasteiger partial charge in [0.2, 0.25) is 0 Å². The fourth-order valence-corrected chi connectivity index (χ4v) is 3.41. The molecule has 0 bridgehead atoms. The molecule has 140 valence electrons. The van der Waals surface area contributed by atoms with Gasteiger partial charge < -0.3 is 20.1 Å². The highest BCUT2D eigenvalue weighted by Crippen LogP contribution is 2.30. The molecule has 2 N–H and O–H groups in total. The van der Waals surface area contributed by atoms with Crippen LogP contribution in [0.4, 0.5) is 21.7 Å². The number of pyridine rings is 2. The van der Waals surface area contributed by atoms with E-state index in [4.69, 9.17) is 0 Å². The van der Waals surface area contributed by atoms with Crippen LogP contribution in [0.5, 0.6) is 0 Å². The molecule has 0 unspecified atom stereocenters. The van der Waals surface area contributed by atoms with E-state index in [1.165, 1.54) is 0 Å². The van der Waals surface area contributed by atoms with E-state index in [0.29, 0.717) is 18.2 Å². The van der Waals surface area contributed by atoms with Gasteiger partial charge in [-0.2, -0.15) is 0 Å². The largest absolute Gasteiger partial charge is 0.381 e. The molecule has 0 fully saturated rings. The normalized spacial score (nSPS) is 13.7. The summed E-state index contributed by atoms with van der Waals surface area (Å²) in [5.41, 5.74) is 3.31. The number of hydrogen-bond acceptors (Lipinski definition) is 5. The maximum absolute atomic E-state index is 12.6. The SMILES string of the molecule is CN1CCc2c(c3ccc(Nc4ccc(NCCF)cn4)nc3n2C)C1=O. The summed E-state index contributed by atoms with van der Waals surface area (Å²) >= 11 is 0. The van der Waals surface area contributed by atoms with Gasteiger partial charge in [-0.3, -0.25) is 4.79 Å². The predicted molar refractivity (Wildman–Crippen MR) is 103 cm³/mol. The Balaban J connectivity index is 1.63. The van der Waals surface area contributed by atoms with Crippen LogP contribution in [0.2, 0.25) is 0 Å². The second kappa shape index (κ2) is 6.86. The average molecular weight is 368 g/mol. The first kappa shape index (κ1) is 17.3. The van der Waals surface area contributed by atoms with E-state index >= 15 is 0 Å². The number of carbonyl (C=O) groups excluding carboxylic acids is 1. The smallest absolute Gasteiger partial charge is 0.256 e. The van der Waals surface area contributed by atoms with Gasteiger partial charge in [0, 0.05) is 44.7 Å². The Labute approximate surface area is 156 Å². The Kier molecular flexibility index (Phi) is 4.39. The molecule has 3 aromatic rings. The maximum atomic E-state index is 12.6. The molecule has 1 amide bonds. The zero-order valence-corrected chi connectivity index (χ0v) is 15.3. The number of rotatable bonds is 5. The van der Waals surface area contributed by atoms with Crippen molar-refractivity contribution in [3.63, 3.8) is 0 Å². The number of anilines is 3. The van der Waals surface area contributed by atoms with Crippen LogP contribution in [-0.2, 0) is 13.5 Å². The molecular weight excluding hydrogens is 347 g/mol. The fraction of sp³-hybridized carbons (Fsp3) is 0.316. The van der Waals surface area contributed by atoms with Gasteiger partial charge in [0.15, 0.2) is 0 Å². The molecule has 8 heteroatoms. The van der Waals surface area contributed by atoms with E-state index in [1.807, 2.05) is 36.9 Å². The minimum atomic E-state index is -0.428. The Morgan fingerprint density at radius 1 is 1.19 bits per heavy atom. The van der Waals surface area contributed by atoms with Gasteiger partial charge in [-0.05, 0) is 24.3 Å². The van der Waals surface area contributed by atoms with E-state index in [2.05, 4.69) is 20.6 Å². The van der Waals surface area contributed by atoms with Crippen LogP contribution in [0, 0.1) is 0 Å². The molecule has 0 atom stereocenters. The number of nitrogens with zero attached hydrogens (tertiary/aromatic N) is 4. The molecular formula is C19H21FN6O. The zero-order valence-electron chi connectivity index (χ0n) is 15.3. The molecule has 27 heavy (non-hydrogen) atoms. The van der Waals surface area contributed by atoms with Crippen molar-refractivity contribution >= 4 is 34.3 Å². The lowest BCUT2D eigenvalue weighted by Crippen LogP contribution is -2.34. The molecule has 0 spiro atoms. The van der Waals surface area contributed by atoms with Crippen molar-refractivity contribution in [1.82, 2.24) is 19.4 Å². The lowest BCUT2D eigenvalue weighted by Gasteiger charge is -2.23. The van der Waals surface area contributed by atoms with Crippen molar-refractivity contribution in [3.8, 4) is 0 Å². The fourth-order valence-electron chi connectivity index (χ4n) is 3.41. The van der Waals surface area contributed by atoms with Crippen LogP contribution in [-0.4, -0.2) is 52.2 Å². The Morgan fingerprint density at radius 3 is 2.74 bits per heavy atom. The summed E-state index contributed by atoms with van der Waals surface area (Å²) in [5.74, 6) is 1.34. The number of hydrogen-bond donors (Lipinski definition) is 2. The van der Waals surface area contributed by atoms with Gasteiger partial charge in [0.1, 0.15) is 24.0 Å². The van der Waals surface area contributed by atoms with Crippen molar-refractivity contribution in [2.45, 2.75) is 6.42 Å². The minimum absolute atomic E-state index is 0.0439. The molecule has 0 saturated heterocycles. The Morgan fingerprint density at radius 2 is 2.00 bits per heavy atom. The molecule has 0 radical (unpaired) electrons. The molecule has 0 saturated carbocycles. The molecule has 1 aliphatic heterocycles. The first-order valence-electron chi connectivity index (χ1n) is 8.85. The first-order valence-corrected chi connectivity index (χ1v) is 8.85. The average Bonchev–Trinajstić information content (AvgIpc) is 2.97. The van der Waals surface area contributed by atoms with Gasteiger partial charge in [-0.25, -0.2) is 14.4 Å². The van der Waals surface area contributed by atoms with Gasteiger partial charge in [0.05, 0.1) is 17.4 Å². The molecule has 3 aromatic heterocycles. The molecule has 1 aliphatic rings. The number of nitrogens with one attached hydrogen (secondary N) is 2. The predicted octanol–water partition coefficient (Wildman–Crippen LogP) is 2.72. The second-order valence-corrected chi connectivity index (χ2v) is 6.60. The van der Waals surface area contributed by atoms with Crippen LogP contribution in [0.3, 0.4) is 0 Å². The second-order valence-electron chi connectivity index (χ2n) is 6.60. The topological polar surface area (TPSA) is 75.1 Å². The summed E-state index contributed by atoms with van der Waals surface area (Å²) in [6, 6.07) is 7.42. The highest BCUT2D eigenvalue weighted by molar-refractivity contribution is 6.08. The first-order chi connectivity index (χ1) is 13.1. The van der Waals surface area contributed by atoms with Crippen LogP contribution in [0.25, 0.3) is 11.0 Å². The zero-order chi connectivity index (χ0) is 19.0. The quantitative estimate of drug-likeness (QED) is 0.724. The van der Waals surface area contributed by atoms with Gasteiger partial charge >= 0.3 is 0 Å². The van der Waals surface area contributed by atoms with Crippen LogP contribution >= 0.6 is 0 Å². The van der Waals surface area contributed by atoms with Crippen molar-refractivity contribution in [1.29, 1.82) is 0 Å². The minimum Gasteiger partial charge on any atom is -0.381 e. The third-order valence-electron chi connectivity index (χ3n) is 4.84. The van der Waals surface area contributed by atoms with E-state index in [9.17, 15) is 9.18 Å². The van der Waals surface area contributed by atoms with Gasteiger partial charge in [-0.1, -0.05) is 0 Å². The summed E-state index contributed by atoms with van der Waals surface area (Å²) in [5, 5.41) is 6.98. The van der Waals surface area contributed by atoms with Crippen molar-refractivity contribution in [2.75, 3.05) is 37.4 Å². The van der Waals surface area contributed by atoms with Gasteiger partial charge in [0.25, 0.3) is 5.91 Å². The summed E-state index contributed by atoms with van der Waals surface area (Å²) < 4.78 is 14.2. The number of carbonyl (C=O) groups is 1. The highest BCUT2D eigenvalue weighted by Gasteiger charge is 2.28. The van der Waals surface area contributed by atoms with Gasteiger partial charge in [-0.15, -0.1) is 0 Å². The van der Waals surface area contributed by atoms with Crippen LogP contribution in [0.1, 0.15) is 16.1 Å². The van der Waals surface area contributed by atoms with Crippen LogP contribution < -0.4 is 10.6 Å². The Hall–Kier alpha value is -3.16. The third kappa shape index (κ3) is 3.07.